The molecule has 1 unspecified atom stereocenters. The van der Waals surface area contributed by atoms with E-state index in [-0.39, 0.29) is 16.7 Å². The molecule has 104 valence electrons. The Morgan fingerprint density at radius 1 is 1.22 bits per heavy atom. The molecule has 0 aromatic rings. The van der Waals surface area contributed by atoms with Crippen LogP contribution in [0.3, 0.4) is 0 Å². The summed E-state index contributed by atoms with van der Waals surface area (Å²) in [5.74, 6) is 0.228. The number of rotatable bonds is 4. The minimum Gasteiger partial charge on any atom is -0.352 e. The van der Waals surface area contributed by atoms with E-state index in [1.807, 2.05) is 0 Å². The van der Waals surface area contributed by atoms with Crippen molar-refractivity contribution in [2.75, 3.05) is 6.54 Å². The molecule has 3 heteroatoms. The van der Waals surface area contributed by atoms with E-state index >= 15 is 0 Å². The smallest absolute Gasteiger partial charge is 0.220 e. The van der Waals surface area contributed by atoms with Crippen molar-refractivity contribution < 1.29 is 4.79 Å². The molecule has 0 radical (unpaired) electrons. The molecule has 2 aliphatic rings. The standard InChI is InChI=1S/C15H28N2O/c1-14(2)13(15(14,3)4)17-12(18)9-8-11-7-5-6-10-16-11/h11,13,16H,5-10H2,1-4H3,(H,17,18). The summed E-state index contributed by atoms with van der Waals surface area (Å²) in [5, 5.41) is 6.70. The Hall–Kier alpha value is -0.570. The molecule has 1 aliphatic carbocycles. The summed E-state index contributed by atoms with van der Waals surface area (Å²) in [7, 11) is 0. The van der Waals surface area contributed by atoms with Gasteiger partial charge in [0.15, 0.2) is 0 Å². The Kier molecular flexibility index (Phi) is 3.72. The molecule has 2 rings (SSSR count). The third-order valence-corrected chi connectivity index (χ3v) is 5.46. The van der Waals surface area contributed by atoms with E-state index in [0.29, 0.717) is 18.5 Å². The second-order valence-corrected chi connectivity index (χ2v) is 7.13. The average molecular weight is 252 g/mol. The zero-order valence-corrected chi connectivity index (χ0v) is 12.3. The monoisotopic (exact) mass is 252 g/mol. The summed E-state index contributed by atoms with van der Waals surface area (Å²) in [5.41, 5.74) is 0.484. The Morgan fingerprint density at radius 2 is 1.89 bits per heavy atom. The quantitative estimate of drug-likeness (QED) is 0.807. The van der Waals surface area contributed by atoms with Gasteiger partial charge < -0.3 is 10.6 Å². The van der Waals surface area contributed by atoms with Gasteiger partial charge in [0.05, 0.1) is 0 Å². The molecule has 2 fully saturated rings. The lowest BCUT2D eigenvalue weighted by molar-refractivity contribution is -0.121. The Balaban J connectivity index is 1.70. The maximum Gasteiger partial charge on any atom is 0.220 e. The molecular weight excluding hydrogens is 224 g/mol. The van der Waals surface area contributed by atoms with Crippen LogP contribution in [-0.4, -0.2) is 24.5 Å². The van der Waals surface area contributed by atoms with Gasteiger partial charge in [-0.05, 0) is 36.6 Å². The van der Waals surface area contributed by atoms with Crippen molar-refractivity contribution >= 4 is 5.91 Å². The number of hydrogen-bond acceptors (Lipinski definition) is 2. The molecule has 0 bridgehead atoms. The predicted octanol–water partition coefficient (Wildman–Crippen LogP) is 2.46. The molecule has 1 aliphatic heterocycles. The number of hydrogen-bond donors (Lipinski definition) is 2. The van der Waals surface area contributed by atoms with Gasteiger partial charge in [-0.15, -0.1) is 0 Å². The van der Waals surface area contributed by atoms with Crippen LogP contribution in [0.4, 0.5) is 0 Å². The van der Waals surface area contributed by atoms with E-state index in [1.165, 1.54) is 19.3 Å². The van der Waals surface area contributed by atoms with Gasteiger partial charge in [-0.2, -0.15) is 0 Å². The zero-order chi connectivity index (χ0) is 13.4. The first kappa shape index (κ1) is 13.9. The summed E-state index contributed by atoms with van der Waals surface area (Å²) in [6.07, 6.45) is 5.47. The van der Waals surface area contributed by atoms with E-state index < -0.39 is 0 Å². The molecule has 0 aromatic heterocycles. The van der Waals surface area contributed by atoms with Crippen LogP contribution < -0.4 is 10.6 Å². The number of piperidine rings is 1. The van der Waals surface area contributed by atoms with E-state index in [4.69, 9.17) is 0 Å². The molecule has 1 saturated carbocycles. The molecule has 2 N–H and O–H groups in total. The highest BCUT2D eigenvalue weighted by Gasteiger charge is 2.65. The fourth-order valence-corrected chi connectivity index (χ4v) is 3.27. The van der Waals surface area contributed by atoms with Gasteiger partial charge >= 0.3 is 0 Å². The van der Waals surface area contributed by atoms with E-state index in [0.717, 1.165) is 13.0 Å². The molecule has 18 heavy (non-hydrogen) atoms. The minimum atomic E-state index is 0.228. The van der Waals surface area contributed by atoms with Crippen LogP contribution in [0.15, 0.2) is 0 Å². The van der Waals surface area contributed by atoms with Gasteiger partial charge in [-0.3, -0.25) is 4.79 Å². The Morgan fingerprint density at radius 3 is 2.39 bits per heavy atom. The molecule has 1 heterocycles. The van der Waals surface area contributed by atoms with Gasteiger partial charge in [0, 0.05) is 18.5 Å². The first-order chi connectivity index (χ1) is 8.35. The van der Waals surface area contributed by atoms with E-state index in [2.05, 4.69) is 38.3 Å². The van der Waals surface area contributed by atoms with Crippen molar-refractivity contribution in [3.63, 3.8) is 0 Å². The molecular formula is C15H28N2O. The molecule has 3 nitrogen and oxygen atoms in total. The lowest BCUT2D eigenvalue weighted by Gasteiger charge is -2.23. The summed E-state index contributed by atoms with van der Waals surface area (Å²) in [4.78, 5) is 12.0. The van der Waals surface area contributed by atoms with Crippen molar-refractivity contribution in [1.29, 1.82) is 0 Å². The SMILES string of the molecule is CC1(C)C(NC(=O)CCC2CCCCN2)C1(C)C. The number of amides is 1. The average Bonchev–Trinajstić information content (AvgIpc) is 2.70. The third kappa shape index (κ3) is 2.56. The van der Waals surface area contributed by atoms with Crippen LogP contribution in [0.2, 0.25) is 0 Å². The molecule has 1 atom stereocenters. The maximum absolute atomic E-state index is 12.0. The van der Waals surface area contributed by atoms with Gasteiger partial charge in [-0.1, -0.05) is 34.1 Å². The lowest BCUT2D eigenvalue weighted by atomic mass is 10.0. The van der Waals surface area contributed by atoms with E-state index in [9.17, 15) is 4.79 Å². The highest BCUT2D eigenvalue weighted by molar-refractivity contribution is 5.77. The topological polar surface area (TPSA) is 41.1 Å². The van der Waals surface area contributed by atoms with Crippen molar-refractivity contribution in [2.24, 2.45) is 10.8 Å². The van der Waals surface area contributed by atoms with Crippen molar-refractivity contribution in [1.82, 2.24) is 10.6 Å². The summed E-state index contributed by atoms with van der Waals surface area (Å²) < 4.78 is 0. The van der Waals surface area contributed by atoms with Crippen LogP contribution in [0.1, 0.15) is 59.8 Å². The first-order valence-corrected chi connectivity index (χ1v) is 7.38. The molecule has 0 spiro atoms. The van der Waals surface area contributed by atoms with E-state index in [1.54, 1.807) is 0 Å². The Bertz CT molecular complexity index is 302. The second-order valence-electron chi connectivity index (χ2n) is 7.13. The zero-order valence-electron chi connectivity index (χ0n) is 12.3. The normalized spacial score (nSPS) is 29.9. The number of carbonyl (C=O) groups is 1. The summed E-state index contributed by atoms with van der Waals surface area (Å²) in [6, 6.07) is 0.904. The largest absolute Gasteiger partial charge is 0.352 e. The minimum absolute atomic E-state index is 0.228. The van der Waals surface area contributed by atoms with Crippen LogP contribution >= 0.6 is 0 Å². The highest BCUT2D eigenvalue weighted by Crippen LogP contribution is 2.62. The third-order valence-electron chi connectivity index (χ3n) is 5.46. The van der Waals surface area contributed by atoms with Crippen molar-refractivity contribution in [3.05, 3.63) is 0 Å². The first-order valence-electron chi connectivity index (χ1n) is 7.38. The number of nitrogens with one attached hydrogen (secondary N) is 2. The summed E-state index contributed by atoms with van der Waals surface area (Å²) in [6.45, 7) is 10.1. The van der Waals surface area contributed by atoms with Gasteiger partial charge in [0.1, 0.15) is 0 Å². The fraction of sp³-hybridized carbons (Fsp3) is 0.933. The van der Waals surface area contributed by atoms with Crippen LogP contribution in [0.5, 0.6) is 0 Å². The highest BCUT2D eigenvalue weighted by atomic mass is 16.1. The predicted molar refractivity (Wildman–Crippen MR) is 74.4 cm³/mol. The lowest BCUT2D eigenvalue weighted by Crippen LogP contribution is -2.36. The van der Waals surface area contributed by atoms with Gasteiger partial charge in [-0.25, -0.2) is 0 Å². The summed E-state index contributed by atoms with van der Waals surface area (Å²) >= 11 is 0. The van der Waals surface area contributed by atoms with Crippen molar-refractivity contribution in [3.8, 4) is 0 Å². The van der Waals surface area contributed by atoms with Gasteiger partial charge in [0.2, 0.25) is 5.91 Å². The maximum atomic E-state index is 12.0. The van der Waals surface area contributed by atoms with Crippen LogP contribution in [-0.2, 0) is 4.79 Å². The molecule has 1 amide bonds. The fourth-order valence-electron chi connectivity index (χ4n) is 3.27. The van der Waals surface area contributed by atoms with Crippen LogP contribution in [0, 0.1) is 10.8 Å². The van der Waals surface area contributed by atoms with Crippen molar-refractivity contribution in [2.45, 2.75) is 71.9 Å². The van der Waals surface area contributed by atoms with Crippen LogP contribution in [0.25, 0.3) is 0 Å². The van der Waals surface area contributed by atoms with Gasteiger partial charge in [0.25, 0.3) is 0 Å². The molecule has 1 saturated heterocycles. The second kappa shape index (κ2) is 4.84. The Labute approximate surface area is 111 Å². The molecule has 0 aromatic carbocycles. The number of carbonyl (C=O) groups excluding carboxylic acids is 1.